The standard InChI is InChI=1S/C76H88O8/c1-41-17-45(33-61(65(41)77)73(5,6)7)21-49-25-53-37-55-27-50(22-46-18-42(2)66(78)62(34-46)74(8,9)10)29-57(70(55)82)39-59-31-52(24-48-20-44(4)68(80)64(36-48)76(14,15)16)32-60(72(59)84)40-58-30-51(28-56(71(58)83)38-54(26-49)69(53)81)23-47-19-43(3)67(79)63(35-47)75(11,12)13/h17-20,25-36,77-84H,21-24,37-40H2,1-16H3. The molecule has 0 aliphatic heterocycles. The highest BCUT2D eigenvalue weighted by Gasteiger charge is 2.28. The summed E-state index contributed by atoms with van der Waals surface area (Å²) >= 11 is 0. The van der Waals surface area contributed by atoms with Crippen molar-refractivity contribution in [3.8, 4) is 46.0 Å². The Morgan fingerprint density at radius 1 is 0.226 bits per heavy atom. The van der Waals surface area contributed by atoms with Crippen LogP contribution in [0.2, 0.25) is 0 Å². The summed E-state index contributed by atoms with van der Waals surface area (Å²) in [6, 6.07) is 32.3. The number of phenols is 8. The molecule has 8 nitrogen and oxygen atoms in total. The molecule has 0 aromatic heterocycles. The maximum absolute atomic E-state index is 12.8. The Labute approximate surface area is 498 Å². The van der Waals surface area contributed by atoms with Gasteiger partial charge in [0.2, 0.25) is 0 Å². The molecule has 8 aromatic carbocycles. The number of aryl methyl sites for hydroxylation is 4. The summed E-state index contributed by atoms with van der Waals surface area (Å²) in [5, 5.41) is 96.1. The van der Waals surface area contributed by atoms with E-state index in [4.69, 9.17) is 0 Å². The predicted molar refractivity (Wildman–Crippen MR) is 341 cm³/mol. The number of aromatic hydroxyl groups is 8. The van der Waals surface area contributed by atoms with Gasteiger partial charge in [-0.25, -0.2) is 0 Å². The van der Waals surface area contributed by atoms with E-state index in [0.29, 0.717) is 70.2 Å². The van der Waals surface area contributed by atoms with Gasteiger partial charge in [-0.15, -0.1) is 0 Å². The van der Waals surface area contributed by atoms with E-state index in [0.717, 1.165) is 89.0 Å². The second-order valence-corrected chi connectivity index (χ2v) is 28.7. The molecule has 0 amide bonds. The first-order chi connectivity index (χ1) is 39.0. The summed E-state index contributed by atoms with van der Waals surface area (Å²) in [5.41, 5.74) is 17.4. The maximum atomic E-state index is 12.8. The molecule has 1 aliphatic carbocycles. The van der Waals surface area contributed by atoms with Crippen LogP contribution in [0.15, 0.2) is 97.1 Å². The molecule has 9 rings (SSSR count). The third kappa shape index (κ3) is 12.8. The van der Waals surface area contributed by atoms with Crippen LogP contribution >= 0.6 is 0 Å². The number of hydrogen-bond donors (Lipinski definition) is 8. The largest absolute Gasteiger partial charge is 0.507 e. The molecule has 8 N–H and O–H groups in total. The van der Waals surface area contributed by atoms with E-state index in [2.05, 4.69) is 107 Å². The van der Waals surface area contributed by atoms with Crippen LogP contribution in [0.3, 0.4) is 0 Å². The van der Waals surface area contributed by atoms with Gasteiger partial charge in [-0.05, 0) is 209 Å². The summed E-state index contributed by atoms with van der Waals surface area (Å²) in [6.45, 7) is 32.7. The van der Waals surface area contributed by atoms with Gasteiger partial charge < -0.3 is 40.9 Å². The number of rotatable bonds is 8. The van der Waals surface area contributed by atoms with E-state index >= 15 is 0 Å². The molecule has 0 unspecified atom stereocenters. The molecule has 84 heavy (non-hydrogen) atoms. The SMILES string of the molecule is Cc1cc(Cc2cc3c(O)c(c2)Cc2cc(Cc4cc(C)c(O)c(C(C)(C)C)c4)cc(c2O)Cc2cc(Cc4cc(C)c(O)c(C(C)(C)C)c4)cc(c2O)Cc2cc(Cc4cc(C)c(O)c(C(C)(C)C)c4)cc(c2O)C3)cc(C(C)(C)C)c1O. The molecule has 440 valence electrons. The quantitative estimate of drug-likeness (QED) is 0.0746. The highest BCUT2D eigenvalue weighted by Crippen LogP contribution is 2.44. The fourth-order valence-electron chi connectivity index (χ4n) is 12.7. The minimum absolute atomic E-state index is 0.0559. The van der Waals surface area contributed by atoms with Crippen LogP contribution in [0.4, 0.5) is 0 Å². The summed E-state index contributed by atoms with van der Waals surface area (Å²) in [7, 11) is 0. The Morgan fingerprint density at radius 2 is 0.369 bits per heavy atom. The van der Waals surface area contributed by atoms with E-state index in [1.807, 2.05) is 100 Å². The average Bonchev–Trinajstić information content (AvgIpc) is 3.14. The molecule has 0 atom stereocenters. The Bertz CT molecular complexity index is 3300. The van der Waals surface area contributed by atoms with Gasteiger partial charge in [-0.3, -0.25) is 0 Å². The lowest BCUT2D eigenvalue weighted by atomic mass is 9.82. The van der Waals surface area contributed by atoms with Crippen molar-refractivity contribution in [1.82, 2.24) is 0 Å². The van der Waals surface area contributed by atoms with Gasteiger partial charge in [-0.2, -0.15) is 0 Å². The maximum Gasteiger partial charge on any atom is 0.122 e. The van der Waals surface area contributed by atoms with Crippen molar-refractivity contribution in [2.75, 3.05) is 0 Å². The van der Waals surface area contributed by atoms with Crippen LogP contribution in [-0.2, 0) is 73.0 Å². The van der Waals surface area contributed by atoms with Gasteiger partial charge in [0.15, 0.2) is 0 Å². The molecule has 0 saturated heterocycles. The molecule has 8 bridgehead atoms. The zero-order valence-corrected chi connectivity index (χ0v) is 52.5. The second-order valence-electron chi connectivity index (χ2n) is 28.7. The molecule has 0 fully saturated rings. The topological polar surface area (TPSA) is 162 Å². The molecule has 0 saturated carbocycles. The lowest BCUT2D eigenvalue weighted by Crippen LogP contribution is -2.13. The zero-order valence-electron chi connectivity index (χ0n) is 52.5. The normalized spacial score (nSPS) is 13.1. The number of hydrogen-bond acceptors (Lipinski definition) is 8. The van der Waals surface area contributed by atoms with Gasteiger partial charge >= 0.3 is 0 Å². The minimum atomic E-state index is -0.333. The number of phenolic OH excluding ortho intramolecular Hbond substituents is 8. The minimum Gasteiger partial charge on any atom is -0.507 e. The van der Waals surface area contributed by atoms with Gasteiger partial charge in [0.05, 0.1) is 0 Å². The molecular formula is C76H88O8. The predicted octanol–water partition coefficient (Wildman–Crippen LogP) is 16.8. The highest BCUT2D eigenvalue weighted by molar-refractivity contribution is 5.60. The van der Waals surface area contributed by atoms with E-state index in [1.165, 1.54) is 0 Å². The summed E-state index contributed by atoms with van der Waals surface area (Å²) in [6.07, 6.45) is 2.47. The van der Waals surface area contributed by atoms with Crippen molar-refractivity contribution < 1.29 is 40.9 Å². The Hall–Kier alpha value is -7.84. The second kappa shape index (κ2) is 22.3. The van der Waals surface area contributed by atoms with Crippen LogP contribution in [0.25, 0.3) is 0 Å². The van der Waals surface area contributed by atoms with Crippen LogP contribution in [-0.4, -0.2) is 40.9 Å². The van der Waals surface area contributed by atoms with E-state index in [1.54, 1.807) is 0 Å². The fraction of sp³-hybridized carbons (Fsp3) is 0.368. The molecule has 8 aromatic rings. The summed E-state index contributed by atoms with van der Waals surface area (Å²) < 4.78 is 0. The van der Waals surface area contributed by atoms with Crippen LogP contribution in [0, 0.1) is 27.7 Å². The monoisotopic (exact) mass is 1130 g/mol. The smallest absolute Gasteiger partial charge is 0.122 e. The van der Waals surface area contributed by atoms with Gasteiger partial charge in [-0.1, -0.05) is 180 Å². The first-order valence-corrected chi connectivity index (χ1v) is 29.7. The molecule has 0 spiro atoms. The van der Waals surface area contributed by atoms with E-state index < -0.39 is 0 Å². The Balaban J connectivity index is 1.29. The highest BCUT2D eigenvalue weighted by atomic mass is 16.3. The fourth-order valence-corrected chi connectivity index (χ4v) is 12.7. The van der Waals surface area contributed by atoms with Crippen LogP contribution in [0.5, 0.6) is 46.0 Å². The third-order valence-electron chi connectivity index (χ3n) is 17.1. The van der Waals surface area contributed by atoms with Crippen molar-refractivity contribution in [2.45, 2.75) is 184 Å². The zero-order chi connectivity index (χ0) is 61.4. The Kier molecular flexibility index (Phi) is 16.1. The number of fused-ring (bicyclic) bond motifs is 8. The lowest BCUT2D eigenvalue weighted by molar-refractivity contribution is 0.442. The summed E-state index contributed by atoms with van der Waals surface area (Å²) in [5.74, 6) is 1.32. The average molecular weight is 1130 g/mol. The van der Waals surface area contributed by atoms with E-state index in [-0.39, 0.29) is 93.3 Å². The first kappa shape index (κ1) is 60.7. The number of benzene rings is 8. The van der Waals surface area contributed by atoms with Crippen LogP contribution < -0.4 is 0 Å². The van der Waals surface area contributed by atoms with Gasteiger partial charge in [0, 0.05) is 25.7 Å². The van der Waals surface area contributed by atoms with E-state index in [9.17, 15) is 40.9 Å². The van der Waals surface area contributed by atoms with Gasteiger partial charge in [0.1, 0.15) is 46.0 Å². The lowest BCUT2D eigenvalue weighted by Gasteiger charge is -2.24. The first-order valence-electron chi connectivity index (χ1n) is 29.7. The molecule has 8 heteroatoms. The van der Waals surface area contributed by atoms with Crippen LogP contribution in [0.1, 0.15) is 217 Å². The molecule has 0 heterocycles. The Morgan fingerprint density at radius 3 is 0.512 bits per heavy atom. The summed E-state index contributed by atoms with van der Waals surface area (Å²) in [4.78, 5) is 0. The third-order valence-corrected chi connectivity index (χ3v) is 17.1. The van der Waals surface area contributed by atoms with Crippen molar-refractivity contribution in [1.29, 1.82) is 0 Å². The molecule has 0 radical (unpaired) electrons. The van der Waals surface area contributed by atoms with Crippen molar-refractivity contribution in [2.24, 2.45) is 0 Å². The molecule has 1 aliphatic rings. The van der Waals surface area contributed by atoms with Gasteiger partial charge in [0.25, 0.3) is 0 Å². The molecular weight excluding hydrogens is 1040 g/mol. The van der Waals surface area contributed by atoms with Crippen molar-refractivity contribution >= 4 is 0 Å². The van der Waals surface area contributed by atoms with Crippen molar-refractivity contribution in [3.63, 3.8) is 0 Å². The van der Waals surface area contributed by atoms with Crippen molar-refractivity contribution in [3.05, 3.63) is 231 Å².